The van der Waals surface area contributed by atoms with Crippen molar-refractivity contribution in [1.29, 1.82) is 0 Å². The van der Waals surface area contributed by atoms with Gasteiger partial charge in [-0.2, -0.15) is 0 Å². The van der Waals surface area contributed by atoms with Crippen molar-refractivity contribution in [3.8, 4) is 0 Å². The van der Waals surface area contributed by atoms with Crippen LogP contribution in [-0.2, 0) is 14.3 Å². The predicted molar refractivity (Wildman–Crippen MR) is 78.6 cm³/mol. The zero-order chi connectivity index (χ0) is 16.6. The van der Waals surface area contributed by atoms with E-state index < -0.39 is 10.9 Å². The Balaban J connectivity index is 1.60. The van der Waals surface area contributed by atoms with Crippen molar-refractivity contribution in [3.63, 3.8) is 0 Å². The fourth-order valence-corrected chi connectivity index (χ4v) is 3.46. The SMILES string of the molecule is CCOC(=O)C1[C@H]2[C@H](OC(=O)c3ccc([N+](=O)[O-])cc3)CC[C@@H]12. The van der Waals surface area contributed by atoms with Crippen LogP contribution in [0.25, 0.3) is 0 Å². The highest BCUT2D eigenvalue weighted by atomic mass is 16.6. The second-order valence-corrected chi connectivity index (χ2v) is 5.84. The summed E-state index contributed by atoms with van der Waals surface area (Å²) in [5.41, 5.74) is 0.194. The summed E-state index contributed by atoms with van der Waals surface area (Å²) in [4.78, 5) is 34.0. The van der Waals surface area contributed by atoms with Crippen molar-refractivity contribution >= 4 is 17.6 Å². The molecule has 2 aliphatic rings. The van der Waals surface area contributed by atoms with E-state index in [-0.39, 0.29) is 41.1 Å². The zero-order valence-corrected chi connectivity index (χ0v) is 12.6. The van der Waals surface area contributed by atoms with Crippen LogP contribution in [0, 0.1) is 27.9 Å². The molecule has 2 fully saturated rings. The number of nitro groups is 1. The average molecular weight is 319 g/mol. The average Bonchev–Trinajstić information content (AvgIpc) is 3.13. The van der Waals surface area contributed by atoms with E-state index in [1.807, 2.05) is 0 Å². The van der Waals surface area contributed by atoms with Gasteiger partial charge in [-0.3, -0.25) is 14.9 Å². The molecule has 0 heterocycles. The number of esters is 2. The van der Waals surface area contributed by atoms with Crippen molar-refractivity contribution in [2.45, 2.75) is 25.9 Å². The van der Waals surface area contributed by atoms with E-state index in [4.69, 9.17) is 9.47 Å². The molecule has 0 aliphatic heterocycles. The summed E-state index contributed by atoms with van der Waals surface area (Å²) in [6, 6.07) is 5.30. The zero-order valence-electron chi connectivity index (χ0n) is 12.6. The standard InChI is InChI=1S/C16H17NO6/c1-2-22-16(19)14-11-7-8-12(13(11)14)23-15(18)9-3-5-10(6-4-9)17(20)21/h3-6,11-14H,2,7-8H2,1H3/t11-,12-,13-,14?/m1/s1. The lowest BCUT2D eigenvalue weighted by Crippen LogP contribution is -2.22. The van der Waals surface area contributed by atoms with E-state index >= 15 is 0 Å². The van der Waals surface area contributed by atoms with E-state index in [1.165, 1.54) is 24.3 Å². The third kappa shape index (κ3) is 2.91. The van der Waals surface area contributed by atoms with Crippen LogP contribution in [-0.4, -0.2) is 29.6 Å². The highest BCUT2D eigenvalue weighted by molar-refractivity contribution is 5.90. The van der Waals surface area contributed by atoms with Crippen LogP contribution < -0.4 is 0 Å². The smallest absolute Gasteiger partial charge is 0.338 e. The summed E-state index contributed by atoms with van der Waals surface area (Å²) in [5, 5.41) is 10.6. The highest BCUT2D eigenvalue weighted by Gasteiger charge is 2.63. The van der Waals surface area contributed by atoms with Crippen LogP contribution in [0.3, 0.4) is 0 Å². The van der Waals surface area contributed by atoms with Gasteiger partial charge in [-0.15, -0.1) is 0 Å². The van der Waals surface area contributed by atoms with Gasteiger partial charge in [-0.05, 0) is 37.8 Å². The molecule has 122 valence electrons. The molecular formula is C16H17NO6. The van der Waals surface area contributed by atoms with Crippen molar-refractivity contribution in [2.24, 2.45) is 17.8 Å². The van der Waals surface area contributed by atoms with Crippen molar-refractivity contribution in [3.05, 3.63) is 39.9 Å². The van der Waals surface area contributed by atoms with Gasteiger partial charge < -0.3 is 9.47 Å². The summed E-state index contributed by atoms with van der Waals surface area (Å²) in [6.07, 6.45) is 1.31. The fourth-order valence-electron chi connectivity index (χ4n) is 3.46. The lowest BCUT2D eigenvalue weighted by Gasteiger charge is -2.15. The topological polar surface area (TPSA) is 95.7 Å². The third-order valence-electron chi connectivity index (χ3n) is 4.57. The molecule has 1 aromatic rings. The van der Waals surface area contributed by atoms with Crippen LogP contribution in [0.2, 0.25) is 0 Å². The van der Waals surface area contributed by atoms with Crippen LogP contribution in [0.1, 0.15) is 30.1 Å². The van der Waals surface area contributed by atoms with Gasteiger partial charge >= 0.3 is 11.9 Å². The predicted octanol–water partition coefficient (Wildman–Crippen LogP) is 2.34. The molecule has 0 saturated heterocycles. The molecule has 0 bridgehead atoms. The normalized spacial score (nSPS) is 27.9. The largest absolute Gasteiger partial charge is 0.466 e. The number of nitro benzene ring substituents is 1. The van der Waals surface area contributed by atoms with Gasteiger partial charge in [0.2, 0.25) is 0 Å². The Hall–Kier alpha value is -2.44. The van der Waals surface area contributed by atoms with Crippen LogP contribution in [0.15, 0.2) is 24.3 Å². The molecule has 0 spiro atoms. The molecular weight excluding hydrogens is 302 g/mol. The summed E-state index contributed by atoms with van der Waals surface area (Å²) in [5.74, 6) is -0.572. The van der Waals surface area contributed by atoms with E-state index in [1.54, 1.807) is 6.92 Å². The van der Waals surface area contributed by atoms with E-state index in [2.05, 4.69) is 0 Å². The molecule has 0 radical (unpaired) electrons. The van der Waals surface area contributed by atoms with Gasteiger partial charge in [0, 0.05) is 18.1 Å². The molecule has 0 aromatic heterocycles. The highest BCUT2D eigenvalue weighted by Crippen LogP contribution is 2.59. The van der Waals surface area contributed by atoms with Gasteiger partial charge in [0.05, 0.1) is 23.0 Å². The Morgan fingerprint density at radius 1 is 1.26 bits per heavy atom. The Kier molecular flexibility index (Phi) is 4.02. The summed E-state index contributed by atoms with van der Waals surface area (Å²) >= 11 is 0. The minimum Gasteiger partial charge on any atom is -0.466 e. The molecule has 23 heavy (non-hydrogen) atoms. The number of hydrogen-bond acceptors (Lipinski definition) is 6. The molecule has 0 amide bonds. The summed E-state index contributed by atoms with van der Waals surface area (Å²) in [6.45, 7) is 2.12. The molecule has 7 nitrogen and oxygen atoms in total. The monoisotopic (exact) mass is 319 g/mol. The van der Waals surface area contributed by atoms with E-state index in [0.29, 0.717) is 6.61 Å². The van der Waals surface area contributed by atoms with Crippen molar-refractivity contribution < 1.29 is 24.0 Å². The minimum atomic E-state index is -0.523. The number of carbonyl (C=O) groups is 2. The lowest BCUT2D eigenvalue weighted by atomic mass is 10.1. The first kappa shape index (κ1) is 15.5. The molecule has 0 N–H and O–H groups in total. The summed E-state index contributed by atoms with van der Waals surface area (Å²) in [7, 11) is 0. The fraction of sp³-hybridized carbons (Fsp3) is 0.500. The first-order valence-corrected chi connectivity index (χ1v) is 7.65. The first-order valence-electron chi connectivity index (χ1n) is 7.65. The van der Waals surface area contributed by atoms with Gasteiger partial charge in [-0.1, -0.05) is 0 Å². The van der Waals surface area contributed by atoms with Crippen molar-refractivity contribution in [1.82, 2.24) is 0 Å². The minimum absolute atomic E-state index is 0.0519. The maximum Gasteiger partial charge on any atom is 0.338 e. The molecule has 4 atom stereocenters. The number of hydrogen-bond donors (Lipinski definition) is 0. The Morgan fingerprint density at radius 3 is 2.57 bits per heavy atom. The number of benzene rings is 1. The second kappa shape index (κ2) is 5.98. The molecule has 7 heteroatoms. The van der Waals surface area contributed by atoms with E-state index in [9.17, 15) is 19.7 Å². The van der Waals surface area contributed by atoms with E-state index in [0.717, 1.165) is 12.8 Å². The lowest BCUT2D eigenvalue weighted by molar-refractivity contribution is -0.384. The van der Waals surface area contributed by atoms with Gasteiger partial charge in [0.15, 0.2) is 0 Å². The molecule has 2 aliphatic carbocycles. The van der Waals surface area contributed by atoms with Crippen LogP contribution >= 0.6 is 0 Å². The Bertz CT molecular complexity index is 640. The molecule has 1 unspecified atom stereocenters. The summed E-state index contributed by atoms with van der Waals surface area (Å²) < 4.78 is 10.5. The number of fused-ring (bicyclic) bond motifs is 1. The van der Waals surface area contributed by atoms with Gasteiger partial charge in [0.1, 0.15) is 6.10 Å². The van der Waals surface area contributed by atoms with Crippen LogP contribution in [0.5, 0.6) is 0 Å². The number of nitrogens with zero attached hydrogens (tertiary/aromatic N) is 1. The molecule has 1 aromatic carbocycles. The number of rotatable bonds is 5. The van der Waals surface area contributed by atoms with Crippen molar-refractivity contribution in [2.75, 3.05) is 6.61 Å². The first-order chi connectivity index (χ1) is 11.0. The molecule has 3 rings (SSSR count). The number of carbonyl (C=O) groups excluding carboxylic acids is 2. The second-order valence-electron chi connectivity index (χ2n) is 5.84. The third-order valence-corrected chi connectivity index (χ3v) is 4.57. The quantitative estimate of drug-likeness (QED) is 0.469. The van der Waals surface area contributed by atoms with Crippen LogP contribution in [0.4, 0.5) is 5.69 Å². The maximum atomic E-state index is 12.1. The Morgan fingerprint density at radius 2 is 1.96 bits per heavy atom. The maximum absolute atomic E-state index is 12.1. The molecule has 2 saturated carbocycles. The number of ether oxygens (including phenoxy) is 2. The van der Waals surface area contributed by atoms with Gasteiger partial charge in [0.25, 0.3) is 5.69 Å². The van der Waals surface area contributed by atoms with Gasteiger partial charge in [-0.25, -0.2) is 4.79 Å². The Labute approximate surface area is 132 Å². The number of non-ortho nitro benzene ring substituents is 1.